The largest absolute Gasteiger partial charge is 0.361 e. The van der Waals surface area contributed by atoms with E-state index in [2.05, 4.69) is 21.6 Å². The standard InChI is InChI=1S/C28H24N6O2/c1-16-26(19(4)36-33-16)25-13-23(22-7-5-6-8-24(22)30-25)28(35)31-27-17(2)32-34(18(27)3)15-21-11-9-20(14-29)10-12-21/h5-13H,15H2,1-4H3,(H,31,35). The van der Waals surface area contributed by atoms with Crippen LogP contribution in [0.15, 0.2) is 59.1 Å². The molecule has 0 aliphatic carbocycles. The van der Waals surface area contributed by atoms with Gasteiger partial charge >= 0.3 is 0 Å². The van der Waals surface area contributed by atoms with Crippen LogP contribution in [0.5, 0.6) is 0 Å². The van der Waals surface area contributed by atoms with Crippen LogP contribution in [0.2, 0.25) is 0 Å². The van der Waals surface area contributed by atoms with Crippen molar-refractivity contribution in [2.45, 2.75) is 34.2 Å². The van der Waals surface area contributed by atoms with E-state index in [1.54, 1.807) is 18.2 Å². The van der Waals surface area contributed by atoms with E-state index in [1.807, 2.05) is 68.8 Å². The lowest BCUT2D eigenvalue weighted by Crippen LogP contribution is -2.14. The number of nitriles is 1. The van der Waals surface area contributed by atoms with Gasteiger partial charge in [0.25, 0.3) is 5.91 Å². The molecule has 0 aliphatic rings. The van der Waals surface area contributed by atoms with Crippen LogP contribution in [0.4, 0.5) is 5.69 Å². The molecule has 0 spiro atoms. The van der Waals surface area contributed by atoms with Gasteiger partial charge in [-0.3, -0.25) is 9.48 Å². The van der Waals surface area contributed by atoms with Gasteiger partial charge in [0, 0.05) is 5.39 Å². The van der Waals surface area contributed by atoms with Crippen LogP contribution >= 0.6 is 0 Å². The number of nitrogens with zero attached hydrogens (tertiary/aromatic N) is 5. The monoisotopic (exact) mass is 476 g/mol. The summed E-state index contributed by atoms with van der Waals surface area (Å²) in [5.74, 6) is 0.406. The summed E-state index contributed by atoms with van der Waals surface area (Å²) in [6, 6.07) is 18.9. The minimum absolute atomic E-state index is 0.245. The van der Waals surface area contributed by atoms with E-state index in [0.717, 1.165) is 33.6 Å². The lowest BCUT2D eigenvalue weighted by Gasteiger charge is -2.11. The number of pyridine rings is 1. The molecule has 0 unspecified atom stereocenters. The number of aromatic nitrogens is 4. The number of amides is 1. The van der Waals surface area contributed by atoms with E-state index in [-0.39, 0.29) is 5.91 Å². The van der Waals surface area contributed by atoms with Crippen LogP contribution in [0.1, 0.15) is 44.3 Å². The summed E-state index contributed by atoms with van der Waals surface area (Å²) in [5.41, 5.74) is 7.23. The molecule has 36 heavy (non-hydrogen) atoms. The predicted molar refractivity (Wildman–Crippen MR) is 137 cm³/mol. The summed E-state index contributed by atoms with van der Waals surface area (Å²) in [7, 11) is 0. The minimum atomic E-state index is -0.245. The number of benzene rings is 2. The van der Waals surface area contributed by atoms with Crippen molar-refractivity contribution in [3.05, 3.63) is 94.1 Å². The van der Waals surface area contributed by atoms with Gasteiger partial charge in [-0.05, 0) is 57.5 Å². The Kier molecular flexibility index (Phi) is 5.82. The third kappa shape index (κ3) is 4.12. The van der Waals surface area contributed by atoms with Crippen LogP contribution in [0.3, 0.4) is 0 Å². The molecule has 0 bridgehead atoms. The fraction of sp³-hybridized carbons (Fsp3) is 0.179. The van der Waals surface area contributed by atoms with Crippen molar-refractivity contribution < 1.29 is 9.32 Å². The maximum Gasteiger partial charge on any atom is 0.256 e. The fourth-order valence-corrected chi connectivity index (χ4v) is 4.41. The number of rotatable bonds is 5. The molecule has 8 heteroatoms. The molecule has 0 radical (unpaired) electrons. The molecule has 0 aliphatic heterocycles. The van der Waals surface area contributed by atoms with Gasteiger partial charge in [0.1, 0.15) is 5.76 Å². The van der Waals surface area contributed by atoms with Crippen molar-refractivity contribution >= 4 is 22.5 Å². The van der Waals surface area contributed by atoms with E-state index >= 15 is 0 Å². The van der Waals surface area contributed by atoms with Gasteiger partial charge in [0.2, 0.25) is 0 Å². The quantitative estimate of drug-likeness (QED) is 0.359. The molecular weight excluding hydrogens is 452 g/mol. The lowest BCUT2D eigenvalue weighted by molar-refractivity contribution is 0.102. The van der Waals surface area contributed by atoms with Crippen molar-refractivity contribution in [1.82, 2.24) is 19.9 Å². The zero-order valence-electron chi connectivity index (χ0n) is 20.5. The third-order valence-corrected chi connectivity index (χ3v) is 6.29. The molecule has 1 N–H and O–H groups in total. The second-order valence-electron chi connectivity index (χ2n) is 8.74. The van der Waals surface area contributed by atoms with Gasteiger partial charge in [-0.1, -0.05) is 35.5 Å². The van der Waals surface area contributed by atoms with Gasteiger partial charge in [-0.25, -0.2) is 4.98 Å². The van der Waals surface area contributed by atoms with E-state index in [0.29, 0.717) is 40.3 Å². The van der Waals surface area contributed by atoms with Crippen molar-refractivity contribution in [2.24, 2.45) is 0 Å². The highest BCUT2D eigenvalue weighted by molar-refractivity contribution is 6.13. The molecule has 0 saturated heterocycles. The number of anilines is 1. The number of fused-ring (bicyclic) bond motifs is 1. The van der Waals surface area contributed by atoms with Crippen LogP contribution < -0.4 is 5.32 Å². The minimum Gasteiger partial charge on any atom is -0.361 e. The second-order valence-corrected chi connectivity index (χ2v) is 8.74. The molecule has 5 rings (SSSR count). The number of carbonyl (C=O) groups excluding carboxylic acids is 1. The van der Waals surface area contributed by atoms with E-state index < -0.39 is 0 Å². The summed E-state index contributed by atoms with van der Waals surface area (Å²) < 4.78 is 7.19. The number of nitrogens with one attached hydrogen (secondary N) is 1. The van der Waals surface area contributed by atoms with E-state index in [4.69, 9.17) is 14.8 Å². The Morgan fingerprint density at radius 2 is 1.81 bits per heavy atom. The van der Waals surface area contributed by atoms with Gasteiger partial charge in [-0.15, -0.1) is 0 Å². The first-order valence-electron chi connectivity index (χ1n) is 11.5. The summed E-state index contributed by atoms with van der Waals surface area (Å²) >= 11 is 0. The summed E-state index contributed by atoms with van der Waals surface area (Å²) in [6.07, 6.45) is 0. The molecule has 5 aromatic rings. The zero-order valence-corrected chi connectivity index (χ0v) is 20.5. The highest BCUT2D eigenvalue weighted by Crippen LogP contribution is 2.30. The highest BCUT2D eigenvalue weighted by atomic mass is 16.5. The fourth-order valence-electron chi connectivity index (χ4n) is 4.41. The first-order chi connectivity index (χ1) is 17.4. The Hall–Kier alpha value is -4.77. The third-order valence-electron chi connectivity index (χ3n) is 6.29. The predicted octanol–water partition coefficient (Wildman–Crippen LogP) is 5.49. The first kappa shape index (κ1) is 23.0. The van der Waals surface area contributed by atoms with Gasteiger partial charge < -0.3 is 9.84 Å². The summed E-state index contributed by atoms with van der Waals surface area (Å²) in [4.78, 5) is 18.4. The Morgan fingerprint density at radius 1 is 1.06 bits per heavy atom. The highest BCUT2D eigenvalue weighted by Gasteiger charge is 2.21. The first-order valence-corrected chi connectivity index (χ1v) is 11.5. The smallest absolute Gasteiger partial charge is 0.256 e. The Labute approximate surface area is 208 Å². The summed E-state index contributed by atoms with van der Waals surface area (Å²) in [6.45, 7) is 8.03. The molecule has 0 fully saturated rings. The van der Waals surface area contributed by atoms with Crippen molar-refractivity contribution in [3.63, 3.8) is 0 Å². The molecule has 178 valence electrons. The van der Waals surface area contributed by atoms with E-state index in [1.165, 1.54) is 0 Å². The Balaban J connectivity index is 1.50. The Bertz CT molecular complexity index is 1630. The van der Waals surface area contributed by atoms with Crippen molar-refractivity contribution in [3.8, 4) is 17.3 Å². The molecule has 1 amide bonds. The van der Waals surface area contributed by atoms with Crippen molar-refractivity contribution in [2.75, 3.05) is 5.32 Å². The van der Waals surface area contributed by atoms with Crippen LogP contribution in [0.25, 0.3) is 22.2 Å². The Morgan fingerprint density at radius 3 is 2.50 bits per heavy atom. The zero-order chi connectivity index (χ0) is 25.4. The molecule has 3 heterocycles. The maximum absolute atomic E-state index is 13.6. The average Bonchev–Trinajstić information content (AvgIpc) is 3.35. The normalized spacial score (nSPS) is 11.0. The molecule has 8 nitrogen and oxygen atoms in total. The molecule has 3 aromatic heterocycles. The van der Waals surface area contributed by atoms with Gasteiger partial charge in [0.15, 0.2) is 0 Å². The second kappa shape index (κ2) is 9.12. The average molecular weight is 477 g/mol. The SMILES string of the molecule is Cc1nn(Cc2ccc(C#N)cc2)c(C)c1NC(=O)c1cc(-c2c(C)noc2C)nc2ccccc12. The van der Waals surface area contributed by atoms with Gasteiger partial charge in [0.05, 0.1) is 63.3 Å². The van der Waals surface area contributed by atoms with E-state index in [9.17, 15) is 4.79 Å². The molecule has 2 aromatic carbocycles. The number of para-hydroxylation sites is 1. The van der Waals surface area contributed by atoms with Crippen molar-refractivity contribution in [1.29, 1.82) is 5.26 Å². The van der Waals surface area contributed by atoms with Gasteiger partial charge in [-0.2, -0.15) is 10.4 Å². The number of hydrogen-bond acceptors (Lipinski definition) is 6. The molecule has 0 atom stereocenters. The topological polar surface area (TPSA) is 110 Å². The number of hydrogen-bond donors (Lipinski definition) is 1. The van der Waals surface area contributed by atoms with Crippen LogP contribution in [-0.4, -0.2) is 25.8 Å². The molecular formula is C28H24N6O2. The van der Waals surface area contributed by atoms with Crippen LogP contribution in [-0.2, 0) is 6.54 Å². The van der Waals surface area contributed by atoms with Crippen LogP contribution in [0, 0.1) is 39.0 Å². The number of carbonyl (C=O) groups is 1. The summed E-state index contributed by atoms with van der Waals surface area (Å²) in [5, 5.41) is 21.5. The lowest BCUT2D eigenvalue weighted by atomic mass is 10.0. The molecule has 0 saturated carbocycles. The number of aryl methyl sites for hydroxylation is 3. The maximum atomic E-state index is 13.6.